The normalized spacial score (nSPS) is 16.8. The average Bonchev–Trinajstić information content (AvgIpc) is 2.62. The van der Waals surface area contributed by atoms with Gasteiger partial charge < -0.3 is 9.88 Å². The van der Waals surface area contributed by atoms with Crippen molar-refractivity contribution < 1.29 is 4.79 Å². The Kier molecular flexibility index (Phi) is 5.02. The first kappa shape index (κ1) is 16.7. The zero-order valence-electron chi connectivity index (χ0n) is 13.5. The average molecular weight is 346 g/mol. The van der Waals surface area contributed by atoms with E-state index in [9.17, 15) is 9.59 Å². The number of hydrogen-bond acceptors (Lipinski definition) is 3. The minimum absolute atomic E-state index is 0.0451. The lowest BCUT2D eigenvalue weighted by Gasteiger charge is -2.38. The zero-order valence-corrected chi connectivity index (χ0v) is 14.3. The number of pyridine rings is 1. The van der Waals surface area contributed by atoms with Crippen molar-refractivity contribution in [3.8, 4) is 0 Å². The number of hydrogen-bond donors (Lipinski definition) is 1. The maximum absolute atomic E-state index is 12.5. The van der Waals surface area contributed by atoms with Crippen LogP contribution in [0.3, 0.4) is 0 Å². The van der Waals surface area contributed by atoms with Crippen molar-refractivity contribution in [2.24, 2.45) is 0 Å². The van der Waals surface area contributed by atoms with Crippen LogP contribution in [-0.4, -0.2) is 46.9 Å². The fourth-order valence-electron chi connectivity index (χ4n) is 3.05. The lowest BCUT2D eigenvalue weighted by atomic mass is 10.1. The quantitative estimate of drug-likeness (QED) is 0.930. The molecule has 0 saturated carbocycles. The van der Waals surface area contributed by atoms with E-state index in [0.717, 1.165) is 23.7 Å². The van der Waals surface area contributed by atoms with E-state index in [0.29, 0.717) is 18.7 Å². The van der Waals surface area contributed by atoms with E-state index < -0.39 is 0 Å². The fraction of sp³-hybridized carbons (Fsp3) is 0.333. The van der Waals surface area contributed by atoms with Crippen LogP contribution in [-0.2, 0) is 0 Å². The van der Waals surface area contributed by atoms with Crippen molar-refractivity contribution in [1.82, 2.24) is 14.8 Å². The highest BCUT2D eigenvalue weighted by molar-refractivity contribution is 6.31. The van der Waals surface area contributed by atoms with E-state index in [1.165, 1.54) is 12.3 Å². The Morgan fingerprint density at radius 3 is 2.46 bits per heavy atom. The second-order valence-corrected chi connectivity index (χ2v) is 6.37. The lowest BCUT2D eigenvalue weighted by Crippen LogP contribution is -2.49. The second-order valence-electron chi connectivity index (χ2n) is 5.97. The van der Waals surface area contributed by atoms with E-state index in [1.807, 2.05) is 29.2 Å². The van der Waals surface area contributed by atoms with Crippen LogP contribution in [0.25, 0.3) is 0 Å². The number of H-pyrrole nitrogens is 1. The predicted molar refractivity (Wildman–Crippen MR) is 94.4 cm³/mol. The predicted octanol–water partition coefficient (Wildman–Crippen LogP) is 2.55. The molecular formula is C18H20ClN3O2. The first-order valence-corrected chi connectivity index (χ1v) is 8.40. The van der Waals surface area contributed by atoms with Crippen LogP contribution in [0.2, 0.25) is 5.02 Å². The van der Waals surface area contributed by atoms with Crippen molar-refractivity contribution in [3.05, 3.63) is 69.1 Å². The third kappa shape index (κ3) is 3.52. The number of carbonyl (C=O) groups excluding carboxylic acids is 1. The molecule has 0 spiro atoms. The molecule has 1 fully saturated rings. The standard InChI is InChI=1S/C18H20ClN3O2/c1-13(15-4-2-3-5-16(15)19)21-8-10-22(11-9-21)18(24)14-6-7-17(23)20-12-14/h2-7,12-13H,8-11H2,1H3,(H,20,23)/t13-/m1/s1. The molecule has 3 rings (SSSR count). The summed E-state index contributed by atoms with van der Waals surface area (Å²) < 4.78 is 0. The molecule has 1 aromatic carbocycles. The molecule has 1 aromatic heterocycles. The van der Waals surface area contributed by atoms with Crippen LogP contribution >= 0.6 is 11.6 Å². The Labute approximate surface area is 145 Å². The Bertz CT molecular complexity index is 761. The summed E-state index contributed by atoms with van der Waals surface area (Å²) in [6, 6.07) is 11.0. The topological polar surface area (TPSA) is 56.4 Å². The molecule has 6 heteroatoms. The van der Waals surface area contributed by atoms with Crippen LogP contribution in [0.1, 0.15) is 28.9 Å². The first-order valence-electron chi connectivity index (χ1n) is 8.03. The molecule has 0 aliphatic carbocycles. The van der Waals surface area contributed by atoms with E-state index in [1.54, 1.807) is 6.07 Å². The zero-order chi connectivity index (χ0) is 17.1. The smallest absolute Gasteiger partial charge is 0.255 e. The summed E-state index contributed by atoms with van der Waals surface area (Å²) in [4.78, 5) is 30.3. The van der Waals surface area contributed by atoms with E-state index >= 15 is 0 Å². The molecule has 1 N–H and O–H groups in total. The Morgan fingerprint density at radius 1 is 1.12 bits per heavy atom. The van der Waals surface area contributed by atoms with Crippen LogP contribution < -0.4 is 5.56 Å². The molecule has 1 aliphatic rings. The van der Waals surface area contributed by atoms with Gasteiger partial charge in [-0.3, -0.25) is 14.5 Å². The maximum Gasteiger partial charge on any atom is 0.255 e. The van der Waals surface area contributed by atoms with Crippen LogP contribution in [0.15, 0.2) is 47.4 Å². The fourth-order valence-corrected chi connectivity index (χ4v) is 3.34. The summed E-state index contributed by atoms with van der Waals surface area (Å²) in [6.07, 6.45) is 1.48. The van der Waals surface area contributed by atoms with Crippen molar-refractivity contribution in [2.45, 2.75) is 13.0 Å². The summed E-state index contributed by atoms with van der Waals surface area (Å²) in [5, 5.41) is 0.775. The number of rotatable bonds is 3. The van der Waals surface area contributed by atoms with Gasteiger partial charge in [0.2, 0.25) is 5.56 Å². The van der Waals surface area contributed by atoms with Gasteiger partial charge >= 0.3 is 0 Å². The minimum atomic E-state index is -0.204. The van der Waals surface area contributed by atoms with Gasteiger partial charge in [0.1, 0.15) is 0 Å². The minimum Gasteiger partial charge on any atom is -0.336 e. The molecular weight excluding hydrogens is 326 g/mol. The molecule has 0 bridgehead atoms. The number of halogens is 1. The van der Waals surface area contributed by atoms with Crippen molar-refractivity contribution in [2.75, 3.05) is 26.2 Å². The SMILES string of the molecule is C[C@H](c1ccccc1Cl)N1CCN(C(=O)c2ccc(=O)[nH]c2)CC1. The van der Waals surface area contributed by atoms with Gasteiger partial charge in [0.15, 0.2) is 0 Å². The number of benzene rings is 1. The third-order valence-electron chi connectivity index (χ3n) is 4.54. The van der Waals surface area contributed by atoms with Gasteiger partial charge in [-0.1, -0.05) is 29.8 Å². The number of aromatic nitrogens is 1. The van der Waals surface area contributed by atoms with Crippen molar-refractivity contribution in [1.29, 1.82) is 0 Å². The molecule has 1 saturated heterocycles. The van der Waals surface area contributed by atoms with Crippen molar-refractivity contribution in [3.63, 3.8) is 0 Å². The molecule has 2 aromatic rings. The number of carbonyl (C=O) groups is 1. The highest BCUT2D eigenvalue weighted by Gasteiger charge is 2.26. The number of nitrogens with zero attached hydrogens (tertiary/aromatic N) is 2. The number of nitrogens with one attached hydrogen (secondary N) is 1. The third-order valence-corrected chi connectivity index (χ3v) is 4.88. The number of aromatic amines is 1. The van der Waals surface area contributed by atoms with E-state index in [2.05, 4.69) is 16.8 Å². The Hall–Kier alpha value is -2.11. The lowest BCUT2D eigenvalue weighted by molar-refractivity contribution is 0.0581. The van der Waals surface area contributed by atoms with Crippen LogP contribution in [0, 0.1) is 0 Å². The summed E-state index contributed by atoms with van der Waals surface area (Å²) in [5.74, 6) is -0.0451. The summed E-state index contributed by atoms with van der Waals surface area (Å²) >= 11 is 6.29. The summed E-state index contributed by atoms with van der Waals surface area (Å²) in [6.45, 7) is 5.04. The van der Waals surface area contributed by atoms with Crippen LogP contribution in [0.5, 0.6) is 0 Å². The molecule has 1 aliphatic heterocycles. The molecule has 126 valence electrons. The molecule has 24 heavy (non-hydrogen) atoms. The highest BCUT2D eigenvalue weighted by Crippen LogP contribution is 2.27. The maximum atomic E-state index is 12.5. The van der Waals surface area contributed by atoms with Gasteiger partial charge in [0.05, 0.1) is 5.56 Å². The molecule has 0 unspecified atom stereocenters. The summed E-state index contributed by atoms with van der Waals surface area (Å²) in [7, 11) is 0. The second kappa shape index (κ2) is 7.20. The summed E-state index contributed by atoms with van der Waals surface area (Å²) in [5.41, 5.74) is 1.42. The molecule has 2 heterocycles. The number of amides is 1. The largest absolute Gasteiger partial charge is 0.336 e. The molecule has 1 atom stereocenters. The van der Waals surface area contributed by atoms with Gasteiger partial charge in [-0.05, 0) is 24.6 Å². The van der Waals surface area contributed by atoms with Gasteiger partial charge in [-0.15, -0.1) is 0 Å². The van der Waals surface area contributed by atoms with E-state index in [4.69, 9.17) is 11.6 Å². The Morgan fingerprint density at radius 2 is 1.83 bits per heavy atom. The number of piperazine rings is 1. The van der Waals surface area contributed by atoms with Gasteiger partial charge in [-0.25, -0.2) is 0 Å². The highest BCUT2D eigenvalue weighted by atomic mass is 35.5. The van der Waals surface area contributed by atoms with Crippen molar-refractivity contribution >= 4 is 17.5 Å². The van der Waals surface area contributed by atoms with Gasteiger partial charge in [0.25, 0.3) is 5.91 Å². The van der Waals surface area contributed by atoms with Crippen LogP contribution in [0.4, 0.5) is 0 Å². The molecule has 1 amide bonds. The Balaban J connectivity index is 1.63. The molecule has 0 radical (unpaired) electrons. The van der Waals surface area contributed by atoms with Gasteiger partial charge in [0, 0.05) is 49.5 Å². The monoisotopic (exact) mass is 345 g/mol. The first-order chi connectivity index (χ1) is 11.6. The van der Waals surface area contributed by atoms with E-state index in [-0.39, 0.29) is 17.5 Å². The molecule has 5 nitrogen and oxygen atoms in total. The van der Waals surface area contributed by atoms with Gasteiger partial charge in [-0.2, -0.15) is 0 Å².